The first kappa shape index (κ1) is 14.3. The van der Waals surface area contributed by atoms with Gasteiger partial charge in [-0.15, -0.1) is 0 Å². The summed E-state index contributed by atoms with van der Waals surface area (Å²) in [4.78, 5) is 0. The van der Waals surface area contributed by atoms with Gasteiger partial charge in [0.2, 0.25) is 0 Å². The Bertz CT molecular complexity index is 629. The molecule has 0 aliphatic heterocycles. The second-order valence-electron chi connectivity index (χ2n) is 4.27. The third kappa shape index (κ3) is 2.89. The topological polar surface area (TPSA) is 26.0 Å². The summed E-state index contributed by atoms with van der Waals surface area (Å²) in [5.74, 6) is -1.04. The van der Waals surface area contributed by atoms with Gasteiger partial charge in [0.05, 0.1) is 16.1 Å². The van der Waals surface area contributed by atoms with E-state index in [1.165, 1.54) is 6.92 Å². The summed E-state index contributed by atoms with van der Waals surface area (Å²) in [7, 11) is 0. The van der Waals surface area contributed by atoms with Crippen molar-refractivity contribution in [3.63, 3.8) is 0 Å². The van der Waals surface area contributed by atoms with Crippen LogP contribution in [0.4, 0.5) is 8.78 Å². The minimum atomic E-state index is -0.801. The Morgan fingerprint density at radius 3 is 2.32 bits per heavy atom. The van der Waals surface area contributed by atoms with Crippen LogP contribution in [0.5, 0.6) is 0 Å². The predicted molar refractivity (Wildman–Crippen MR) is 73.6 cm³/mol. The lowest BCUT2D eigenvalue weighted by molar-refractivity contribution is 0.570. The van der Waals surface area contributed by atoms with Gasteiger partial charge >= 0.3 is 0 Å². The Morgan fingerprint density at radius 2 is 1.68 bits per heavy atom. The largest absolute Gasteiger partial charge is 0.320 e. The second-order valence-corrected chi connectivity index (χ2v) is 5.09. The summed E-state index contributed by atoms with van der Waals surface area (Å²) < 4.78 is 27.3. The van der Waals surface area contributed by atoms with Gasteiger partial charge in [-0.2, -0.15) is 0 Å². The van der Waals surface area contributed by atoms with E-state index in [9.17, 15) is 8.78 Å². The molecule has 1 unspecified atom stereocenters. The molecule has 2 N–H and O–H groups in total. The van der Waals surface area contributed by atoms with Crippen LogP contribution in [0.1, 0.15) is 22.7 Å². The molecule has 0 bridgehead atoms. The summed E-state index contributed by atoms with van der Waals surface area (Å²) in [6.45, 7) is 1.49. The maximum Gasteiger partial charge on any atom is 0.128 e. The lowest BCUT2D eigenvalue weighted by atomic mass is 9.98. The van der Waals surface area contributed by atoms with Gasteiger partial charge < -0.3 is 5.73 Å². The standard InChI is InChI=1S/C14H11Cl2F2N/c1-7-4-13(18)9(6-12(7)17)14(19)8-2-3-10(15)11(16)5-8/h2-6,14H,19H2,1H3. The SMILES string of the molecule is Cc1cc(F)c(C(N)c2ccc(Cl)c(Cl)c2)cc1F. The van der Waals surface area contributed by atoms with Crippen LogP contribution in [0.25, 0.3) is 0 Å². The Labute approximate surface area is 119 Å². The monoisotopic (exact) mass is 301 g/mol. The molecule has 2 aromatic carbocycles. The number of halogens is 4. The third-order valence-electron chi connectivity index (χ3n) is 2.92. The lowest BCUT2D eigenvalue weighted by Gasteiger charge is -2.15. The van der Waals surface area contributed by atoms with Crippen molar-refractivity contribution in [2.45, 2.75) is 13.0 Å². The van der Waals surface area contributed by atoms with E-state index in [4.69, 9.17) is 28.9 Å². The van der Waals surface area contributed by atoms with Crippen LogP contribution in [0, 0.1) is 18.6 Å². The van der Waals surface area contributed by atoms with Gasteiger partial charge in [0, 0.05) is 5.56 Å². The van der Waals surface area contributed by atoms with Gasteiger partial charge in [-0.1, -0.05) is 29.3 Å². The van der Waals surface area contributed by atoms with Crippen LogP contribution in [0.2, 0.25) is 10.0 Å². The molecule has 0 radical (unpaired) electrons. The summed E-state index contributed by atoms with van der Waals surface area (Å²) in [6, 6.07) is 6.19. The molecule has 0 aromatic heterocycles. The zero-order chi connectivity index (χ0) is 14.2. The number of hydrogen-bond acceptors (Lipinski definition) is 1. The molecule has 2 aromatic rings. The average molecular weight is 302 g/mol. The summed E-state index contributed by atoms with van der Waals surface area (Å²) in [5, 5.41) is 0.704. The molecule has 1 atom stereocenters. The maximum absolute atomic E-state index is 13.8. The summed E-state index contributed by atoms with van der Waals surface area (Å²) in [6.07, 6.45) is 0. The molecule has 0 fully saturated rings. The minimum absolute atomic E-state index is 0.0847. The van der Waals surface area contributed by atoms with Gasteiger partial charge in [0.1, 0.15) is 11.6 Å². The van der Waals surface area contributed by atoms with E-state index in [0.717, 1.165) is 12.1 Å². The Hall–Kier alpha value is -1.16. The van der Waals surface area contributed by atoms with Crippen molar-refractivity contribution in [2.75, 3.05) is 0 Å². The predicted octanol–water partition coefficient (Wildman–Crippen LogP) is 4.63. The molecule has 0 spiro atoms. The van der Waals surface area contributed by atoms with Crippen LogP contribution < -0.4 is 5.73 Å². The minimum Gasteiger partial charge on any atom is -0.320 e. The van der Waals surface area contributed by atoms with Crippen molar-refractivity contribution in [1.29, 1.82) is 0 Å². The highest BCUT2D eigenvalue weighted by Crippen LogP contribution is 2.29. The van der Waals surface area contributed by atoms with Gasteiger partial charge in [0.15, 0.2) is 0 Å². The molecule has 0 saturated carbocycles. The lowest BCUT2D eigenvalue weighted by Crippen LogP contribution is -2.14. The highest BCUT2D eigenvalue weighted by Gasteiger charge is 2.16. The van der Waals surface area contributed by atoms with Crippen LogP contribution in [0.15, 0.2) is 30.3 Å². The molecule has 1 nitrogen and oxygen atoms in total. The highest BCUT2D eigenvalue weighted by molar-refractivity contribution is 6.42. The molecule has 5 heteroatoms. The molecule has 0 saturated heterocycles. The fourth-order valence-electron chi connectivity index (χ4n) is 1.79. The zero-order valence-electron chi connectivity index (χ0n) is 10.1. The van der Waals surface area contributed by atoms with E-state index in [2.05, 4.69) is 0 Å². The average Bonchev–Trinajstić information content (AvgIpc) is 2.36. The molecule has 2 rings (SSSR count). The number of nitrogens with two attached hydrogens (primary N) is 1. The van der Waals surface area contributed by atoms with Crippen molar-refractivity contribution in [3.05, 3.63) is 68.7 Å². The molecule has 0 amide bonds. The fraction of sp³-hybridized carbons (Fsp3) is 0.143. The van der Waals surface area contributed by atoms with Crippen molar-refractivity contribution >= 4 is 23.2 Å². The Kier molecular flexibility index (Phi) is 4.09. The van der Waals surface area contributed by atoms with E-state index >= 15 is 0 Å². The molecular formula is C14H11Cl2F2N. The molecule has 19 heavy (non-hydrogen) atoms. The fourth-order valence-corrected chi connectivity index (χ4v) is 2.09. The Balaban J connectivity index is 2.46. The van der Waals surface area contributed by atoms with Gasteiger partial charge in [0.25, 0.3) is 0 Å². The number of benzene rings is 2. The first-order valence-corrected chi connectivity index (χ1v) is 6.32. The third-order valence-corrected chi connectivity index (χ3v) is 3.65. The number of hydrogen-bond donors (Lipinski definition) is 1. The van der Waals surface area contributed by atoms with Crippen LogP contribution in [-0.2, 0) is 0 Å². The van der Waals surface area contributed by atoms with Crippen molar-refractivity contribution in [1.82, 2.24) is 0 Å². The van der Waals surface area contributed by atoms with Crippen LogP contribution >= 0.6 is 23.2 Å². The van der Waals surface area contributed by atoms with Gasteiger partial charge in [-0.05, 0) is 42.3 Å². The van der Waals surface area contributed by atoms with Gasteiger partial charge in [-0.3, -0.25) is 0 Å². The second kappa shape index (κ2) is 5.45. The summed E-state index contributed by atoms with van der Waals surface area (Å²) in [5.41, 5.74) is 6.84. The van der Waals surface area contributed by atoms with Gasteiger partial charge in [-0.25, -0.2) is 8.78 Å². The molecule has 100 valence electrons. The number of aryl methyl sites for hydroxylation is 1. The Morgan fingerprint density at radius 1 is 1.00 bits per heavy atom. The molecule has 0 heterocycles. The van der Waals surface area contributed by atoms with Crippen molar-refractivity contribution < 1.29 is 8.78 Å². The van der Waals surface area contributed by atoms with E-state index in [1.54, 1.807) is 18.2 Å². The maximum atomic E-state index is 13.8. The summed E-state index contributed by atoms with van der Waals surface area (Å²) >= 11 is 11.7. The molecule has 0 aliphatic carbocycles. The zero-order valence-corrected chi connectivity index (χ0v) is 11.6. The smallest absolute Gasteiger partial charge is 0.128 e. The first-order chi connectivity index (χ1) is 8.90. The van der Waals surface area contributed by atoms with E-state index in [0.29, 0.717) is 15.6 Å². The van der Waals surface area contributed by atoms with E-state index in [1.807, 2.05) is 0 Å². The molecule has 0 aliphatic rings. The highest BCUT2D eigenvalue weighted by atomic mass is 35.5. The van der Waals surface area contributed by atoms with Crippen LogP contribution in [0.3, 0.4) is 0 Å². The molecular weight excluding hydrogens is 291 g/mol. The van der Waals surface area contributed by atoms with E-state index < -0.39 is 17.7 Å². The normalized spacial score (nSPS) is 12.5. The quantitative estimate of drug-likeness (QED) is 0.860. The van der Waals surface area contributed by atoms with Crippen LogP contribution in [-0.4, -0.2) is 0 Å². The first-order valence-electron chi connectivity index (χ1n) is 5.56. The van der Waals surface area contributed by atoms with Crippen molar-refractivity contribution in [2.24, 2.45) is 5.73 Å². The van der Waals surface area contributed by atoms with E-state index in [-0.39, 0.29) is 11.1 Å². The van der Waals surface area contributed by atoms with Crippen molar-refractivity contribution in [3.8, 4) is 0 Å². The number of rotatable bonds is 2.